The molecule has 2 fully saturated rings. The third kappa shape index (κ3) is 2.90. The van der Waals surface area contributed by atoms with Crippen molar-refractivity contribution in [3.05, 3.63) is 11.9 Å². The first-order chi connectivity index (χ1) is 8.81. The van der Waals surface area contributed by atoms with Crippen molar-refractivity contribution >= 4 is 11.6 Å². The van der Waals surface area contributed by atoms with E-state index in [-0.39, 0.29) is 0 Å². The van der Waals surface area contributed by atoms with Crippen molar-refractivity contribution in [1.29, 1.82) is 0 Å². The molecule has 5 heteroatoms. The summed E-state index contributed by atoms with van der Waals surface area (Å²) >= 11 is 0. The van der Waals surface area contributed by atoms with E-state index in [4.69, 9.17) is 10.5 Å². The number of nitrogens with zero attached hydrogens (tertiary/aromatic N) is 2. The van der Waals surface area contributed by atoms with Gasteiger partial charge in [0.15, 0.2) is 0 Å². The second-order valence-corrected chi connectivity index (χ2v) is 5.16. The van der Waals surface area contributed by atoms with E-state index in [1.54, 1.807) is 6.07 Å². The van der Waals surface area contributed by atoms with Crippen molar-refractivity contribution in [2.75, 3.05) is 24.2 Å². The minimum absolute atomic E-state index is 0.416. The summed E-state index contributed by atoms with van der Waals surface area (Å²) in [5.41, 5.74) is 5.80. The summed E-state index contributed by atoms with van der Waals surface area (Å²) in [6, 6.07) is 1.81. The lowest BCUT2D eigenvalue weighted by atomic mass is 10.2. The summed E-state index contributed by atoms with van der Waals surface area (Å²) < 4.78 is 5.59. The third-order valence-corrected chi connectivity index (χ3v) is 3.50. The molecule has 2 heterocycles. The molecular formula is C13H20N4O. The Morgan fingerprint density at radius 2 is 2.22 bits per heavy atom. The van der Waals surface area contributed by atoms with E-state index < -0.39 is 0 Å². The number of nitrogen functional groups attached to an aromatic ring is 1. The van der Waals surface area contributed by atoms with Gasteiger partial charge in [0, 0.05) is 25.1 Å². The van der Waals surface area contributed by atoms with Crippen LogP contribution in [0.1, 0.15) is 43.8 Å². The van der Waals surface area contributed by atoms with Crippen LogP contribution in [0.15, 0.2) is 6.07 Å². The van der Waals surface area contributed by atoms with Crippen molar-refractivity contribution in [2.45, 2.75) is 44.1 Å². The summed E-state index contributed by atoms with van der Waals surface area (Å²) in [6.07, 6.45) is 6.21. The highest BCUT2D eigenvalue weighted by Crippen LogP contribution is 2.38. The van der Waals surface area contributed by atoms with Crippen molar-refractivity contribution in [2.24, 2.45) is 0 Å². The standard InChI is InChI=1S/C13H20N4O/c14-11-8-12(17-13(16-11)9-3-4-9)15-6-5-10-2-1-7-18-10/h8-10H,1-7H2,(H3,14,15,16,17). The smallest absolute Gasteiger partial charge is 0.136 e. The summed E-state index contributed by atoms with van der Waals surface area (Å²) in [5.74, 6) is 2.84. The van der Waals surface area contributed by atoms with Crippen LogP contribution in [0.5, 0.6) is 0 Å². The van der Waals surface area contributed by atoms with Crippen molar-refractivity contribution in [1.82, 2.24) is 9.97 Å². The zero-order chi connectivity index (χ0) is 12.4. The molecule has 1 atom stereocenters. The summed E-state index contributed by atoms with van der Waals surface area (Å²) in [5, 5.41) is 3.32. The molecule has 2 aliphatic rings. The minimum atomic E-state index is 0.416. The lowest BCUT2D eigenvalue weighted by Gasteiger charge is -2.11. The molecule has 1 unspecified atom stereocenters. The largest absolute Gasteiger partial charge is 0.384 e. The van der Waals surface area contributed by atoms with Crippen LogP contribution in [0.3, 0.4) is 0 Å². The van der Waals surface area contributed by atoms with Gasteiger partial charge in [-0.05, 0) is 32.1 Å². The Bertz CT molecular complexity index is 413. The average Bonchev–Trinajstić information content (AvgIpc) is 3.08. The lowest BCUT2D eigenvalue weighted by Crippen LogP contribution is -2.14. The molecule has 3 rings (SSSR count). The first kappa shape index (κ1) is 11.7. The molecule has 98 valence electrons. The van der Waals surface area contributed by atoms with Gasteiger partial charge in [0.2, 0.25) is 0 Å². The van der Waals surface area contributed by atoms with E-state index in [1.165, 1.54) is 25.7 Å². The van der Waals surface area contributed by atoms with E-state index in [0.29, 0.717) is 17.8 Å². The maximum Gasteiger partial charge on any atom is 0.136 e. The maximum absolute atomic E-state index is 5.80. The summed E-state index contributed by atoms with van der Waals surface area (Å²) in [6.45, 7) is 1.79. The predicted molar refractivity (Wildman–Crippen MR) is 70.5 cm³/mol. The number of anilines is 2. The fraction of sp³-hybridized carbons (Fsp3) is 0.692. The second kappa shape index (κ2) is 5.10. The lowest BCUT2D eigenvalue weighted by molar-refractivity contribution is 0.107. The van der Waals surface area contributed by atoms with Crippen LogP contribution in [0.4, 0.5) is 11.6 Å². The first-order valence-corrected chi connectivity index (χ1v) is 6.81. The van der Waals surface area contributed by atoms with Gasteiger partial charge in [-0.2, -0.15) is 0 Å². The Labute approximate surface area is 107 Å². The van der Waals surface area contributed by atoms with Crippen LogP contribution in [-0.4, -0.2) is 29.2 Å². The Hall–Kier alpha value is -1.36. The Morgan fingerprint density at radius 1 is 1.33 bits per heavy atom. The third-order valence-electron chi connectivity index (χ3n) is 3.50. The molecule has 3 N–H and O–H groups in total. The Kier molecular flexibility index (Phi) is 3.32. The predicted octanol–water partition coefficient (Wildman–Crippen LogP) is 1.92. The topological polar surface area (TPSA) is 73.1 Å². The van der Waals surface area contributed by atoms with Crippen LogP contribution in [0.25, 0.3) is 0 Å². The van der Waals surface area contributed by atoms with Crippen LogP contribution < -0.4 is 11.1 Å². The van der Waals surface area contributed by atoms with Crippen molar-refractivity contribution in [3.63, 3.8) is 0 Å². The van der Waals surface area contributed by atoms with Gasteiger partial charge in [0.1, 0.15) is 17.5 Å². The molecule has 1 aromatic heterocycles. The van der Waals surface area contributed by atoms with Crippen LogP contribution in [0.2, 0.25) is 0 Å². The van der Waals surface area contributed by atoms with Gasteiger partial charge < -0.3 is 15.8 Å². The van der Waals surface area contributed by atoms with Gasteiger partial charge in [0.05, 0.1) is 6.10 Å². The van der Waals surface area contributed by atoms with Crippen LogP contribution >= 0.6 is 0 Å². The minimum Gasteiger partial charge on any atom is -0.384 e. The fourth-order valence-electron chi connectivity index (χ4n) is 2.33. The van der Waals surface area contributed by atoms with Gasteiger partial charge in [0.25, 0.3) is 0 Å². The average molecular weight is 248 g/mol. The zero-order valence-electron chi connectivity index (χ0n) is 10.6. The first-order valence-electron chi connectivity index (χ1n) is 6.81. The van der Waals surface area contributed by atoms with E-state index >= 15 is 0 Å². The maximum atomic E-state index is 5.80. The summed E-state index contributed by atoms with van der Waals surface area (Å²) in [4.78, 5) is 8.80. The molecule has 0 radical (unpaired) electrons. The highest BCUT2D eigenvalue weighted by molar-refractivity contribution is 5.45. The molecule has 0 aromatic carbocycles. The monoisotopic (exact) mass is 248 g/mol. The molecule has 1 aliphatic carbocycles. The quantitative estimate of drug-likeness (QED) is 0.832. The van der Waals surface area contributed by atoms with Crippen LogP contribution in [-0.2, 0) is 4.74 Å². The van der Waals surface area contributed by atoms with Crippen molar-refractivity contribution < 1.29 is 4.74 Å². The number of aromatic nitrogens is 2. The number of rotatable bonds is 5. The van der Waals surface area contributed by atoms with Gasteiger partial charge in [-0.15, -0.1) is 0 Å². The molecule has 5 nitrogen and oxygen atoms in total. The molecule has 0 spiro atoms. The molecule has 18 heavy (non-hydrogen) atoms. The van der Waals surface area contributed by atoms with Crippen molar-refractivity contribution in [3.8, 4) is 0 Å². The number of hydrogen-bond acceptors (Lipinski definition) is 5. The molecule has 1 aromatic rings. The number of ether oxygens (including phenoxy) is 1. The normalized spacial score (nSPS) is 23.2. The summed E-state index contributed by atoms with van der Waals surface area (Å²) in [7, 11) is 0. The molecule has 1 saturated carbocycles. The van der Waals surface area contributed by atoms with E-state index in [0.717, 1.165) is 31.2 Å². The molecule has 0 bridgehead atoms. The molecular weight excluding hydrogens is 228 g/mol. The highest BCUT2D eigenvalue weighted by Gasteiger charge is 2.27. The SMILES string of the molecule is Nc1cc(NCCC2CCCO2)nc(C2CC2)n1. The molecule has 1 saturated heterocycles. The van der Waals surface area contributed by atoms with Gasteiger partial charge in [-0.3, -0.25) is 0 Å². The van der Waals surface area contributed by atoms with E-state index in [9.17, 15) is 0 Å². The highest BCUT2D eigenvalue weighted by atomic mass is 16.5. The zero-order valence-corrected chi connectivity index (χ0v) is 10.6. The van der Waals surface area contributed by atoms with E-state index in [2.05, 4.69) is 15.3 Å². The van der Waals surface area contributed by atoms with Gasteiger partial charge >= 0.3 is 0 Å². The fourth-order valence-corrected chi connectivity index (χ4v) is 2.33. The number of hydrogen-bond donors (Lipinski definition) is 2. The second-order valence-electron chi connectivity index (χ2n) is 5.16. The Morgan fingerprint density at radius 3 is 2.94 bits per heavy atom. The number of nitrogens with one attached hydrogen (secondary N) is 1. The number of nitrogens with two attached hydrogens (primary N) is 1. The van der Waals surface area contributed by atoms with E-state index in [1.807, 2.05) is 0 Å². The Balaban J connectivity index is 1.54. The molecule has 1 aliphatic heterocycles. The van der Waals surface area contributed by atoms with Crippen LogP contribution in [0, 0.1) is 0 Å². The van der Waals surface area contributed by atoms with Gasteiger partial charge in [-0.25, -0.2) is 9.97 Å². The van der Waals surface area contributed by atoms with Gasteiger partial charge in [-0.1, -0.05) is 0 Å². The molecule has 0 amide bonds.